The number of nitrogens with one attached hydrogen (secondary N) is 2. The molecule has 0 aliphatic heterocycles. The molecule has 164 valence electrons. The zero-order valence-electron chi connectivity index (χ0n) is 18.3. The van der Waals surface area contributed by atoms with Crippen LogP contribution in [-0.2, 0) is 0 Å². The van der Waals surface area contributed by atoms with Gasteiger partial charge in [0.15, 0.2) is 0 Å². The number of benzene rings is 2. The minimum Gasteiger partial charge on any atom is -0.277 e. The van der Waals surface area contributed by atoms with Crippen molar-refractivity contribution in [3.05, 3.63) is 122 Å². The first-order valence-electron chi connectivity index (χ1n) is 10.9. The predicted molar refractivity (Wildman–Crippen MR) is 135 cm³/mol. The number of H-pyrrole nitrogens is 2. The fourth-order valence-corrected chi connectivity index (χ4v) is 3.72. The molecule has 0 fully saturated rings. The van der Waals surface area contributed by atoms with Gasteiger partial charge in [-0.3, -0.25) is 20.2 Å². The van der Waals surface area contributed by atoms with Crippen LogP contribution in [0.4, 0.5) is 0 Å². The zero-order chi connectivity index (χ0) is 23.0. The second kappa shape index (κ2) is 10.2. The summed E-state index contributed by atoms with van der Waals surface area (Å²) in [5, 5.41) is 14.3. The molecule has 34 heavy (non-hydrogen) atoms. The Bertz CT molecular complexity index is 1200. The number of aromatic amines is 2. The lowest BCUT2D eigenvalue weighted by atomic mass is 10.0. The van der Waals surface area contributed by atoms with E-state index in [1.807, 2.05) is 73.1 Å². The first-order chi connectivity index (χ1) is 16.9. The van der Waals surface area contributed by atoms with Crippen LogP contribution in [0.3, 0.4) is 0 Å². The fourth-order valence-electron chi connectivity index (χ4n) is 3.72. The van der Waals surface area contributed by atoms with Crippen LogP contribution in [0.25, 0.3) is 44.8 Å². The van der Waals surface area contributed by atoms with Crippen LogP contribution in [0.2, 0.25) is 0 Å². The normalized spacial score (nSPS) is 10.4. The van der Waals surface area contributed by atoms with Crippen molar-refractivity contribution in [1.82, 2.24) is 30.4 Å². The molecule has 0 spiro atoms. The summed E-state index contributed by atoms with van der Waals surface area (Å²) in [6.45, 7) is 0. The van der Waals surface area contributed by atoms with Gasteiger partial charge < -0.3 is 0 Å². The van der Waals surface area contributed by atoms with Gasteiger partial charge >= 0.3 is 0 Å². The Morgan fingerprint density at radius 3 is 1.18 bits per heavy atom. The summed E-state index contributed by atoms with van der Waals surface area (Å²) in [7, 11) is 0. The van der Waals surface area contributed by atoms with Gasteiger partial charge in [-0.1, -0.05) is 60.7 Å². The van der Waals surface area contributed by atoms with Gasteiger partial charge in [0.1, 0.15) is 0 Å². The lowest BCUT2D eigenvalue weighted by Crippen LogP contribution is -1.82. The summed E-state index contributed by atoms with van der Waals surface area (Å²) in [5.41, 5.74) is 8.78. The van der Waals surface area contributed by atoms with Crippen molar-refractivity contribution < 1.29 is 0 Å². The quantitative estimate of drug-likeness (QED) is 0.337. The summed E-state index contributed by atoms with van der Waals surface area (Å²) in [5.74, 6) is 0. The lowest BCUT2D eigenvalue weighted by molar-refractivity contribution is 1.09. The lowest BCUT2D eigenvalue weighted by Gasteiger charge is -2.02. The maximum Gasteiger partial charge on any atom is 0.0729 e. The Hall–Kier alpha value is -4.84. The van der Waals surface area contributed by atoms with Crippen molar-refractivity contribution in [3.63, 3.8) is 0 Å². The topological polar surface area (TPSA) is 83.1 Å². The molecule has 6 nitrogen and oxygen atoms in total. The van der Waals surface area contributed by atoms with Gasteiger partial charge in [0, 0.05) is 47.0 Å². The molecule has 4 aromatic heterocycles. The van der Waals surface area contributed by atoms with Crippen LogP contribution >= 0.6 is 0 Å². The fraction of sp³-hybridized carbons (Fsp3) is 0. The molecule has 0 amide bonds. The third-order valence-corrected chi connectivity index (χ3v) is 5.39. The molecule has 0 bridgehead atoms. The Kier molecular flexibility index (Phi) is 6.30. The van der Waals surface area contributed by atoms with Gasteiger partial charge in [0.2, 0.25) is 0 Å². The van der Waals surface area contributed by atoms with Gasteiger partial charge in [-0.05, 0) is 35.4 Å². The molecule has 0 aliphatic carbocycles. The van der Waals surface area contributed by atoms with E-state index in [1.54, 1.807) is 24.8 Å². The highest BCUT2D eigenvalue weighted by Crippen LogP contribution is 2.30. The van der Waals surface area contributed by atoms with Crippen LogP contribution in [-0.4, -0.2) is 30.4 Å². The Morgan fingerprint density at radius 1 is 0.412 bits per heavy atom. The first kappa shape index (κ1) is 21.0. The van der Waals surface area contributed by atoms with Gasteiger partial charge in [-0.25, -0.2) is 0 Å². The minimum atomic E-state index is 1.03. The van der Waals surface area contributed by atoms with E-state index in [4.69, 9.17) is 0 Å². The summed E-state index contributed by atoms with van der Waals surface area (Å²) in [6, 6.07) is 28.3. The largest absolute Gasteiger partial charge is 0.277 e. The Morgan fingerprint density at radius 2 is 0.794 bits per heavy atom. The van der Waals surface area contributed by atoms with Crippen molar-refractivity contribution >= 4 is 0 Å². The summed E-state index contributed by atoms with van der Waals surface area (Å²) < 4.78 is 0. The number of rotatable bonds is 4. The van der Waals surface area contributed by atoms with Crippen LogP contribution in [0.1, 0.15) is 0 Å². The minimum absolute atomic E-state index is 1.03. The van der Waals surface area contributed by atoms with Crippen molar-refractivity contribution in [2.24, 2.45) is 0 Å². The monoisotopic (exact) mass is 442 g/mol. The SMILES string of the molecule is c1ccc(-c2cn[nH]c2-c2ccncc2)cc1.c1ccc(-c2cn[nH]c2-c2ccncc2)cc1. The summed E-state index contributed by atoms with van der Waals surface area (Å²) in [6.07, 6.45) is 10.8. The number of aromatic nitrogens is 6. The molecular weight excluding hydrogens is 420 g/mol. The van der Waals surface area contributed by atoms with E-state index in [0.29, 0.717) is 0 Å². The Balaban J connectivity index is 0.000000142. The third-order valence-electron chi connectivity index (χ3n) is 5.39. The molecule has 0 atom stereocenters. The molecule has 0 saturated carbocycles. The summed E-state index contributed by atoms with van der Waals surface area (Å²) >= 11 is 0. The van der Waals surface area contributed by atoms with E-state index in [2.05, 4.69) is 54.6 Å². The predicted octanol–water partition coefficient (Wildman–Crippen LogP) is 6.28. The second-order valence-corrected chi connectivity index (χ2v) is 7.52. The van der Waals surface area contributed by atoms with E-state index in [-0.39, 0.29) is 0 Å². The van der Waals surface area contributed by atoms with Crippen molar-refractivity contribution in [2.75, 3.05) is 0 Å². The van der Waals surface area contributed by atoms with E-state index < -0.39 is 0 Å². The number of hydrogen-bond acceptors (Lipinski definition) is 4. The average Bonchev–Trinajstić information content (AvgIpc) is 3.62. The Labute approximate surface area is 197 Å². The smallest absolute Gasteiger partial charge is 0.0729 e. The number of nitrogens with zero attached hydrogens (tertiary/aromatic N) is 4. The van der Waals surface area contributed by atoms with Crippen LogP contribution in [0.5, 0.6) is 0 Å². The number of pyridine rings is 2. The molecular formula is C28H22N6. The van der Waals surface area contributed by atoms with E-state index >= 15 is 0 Å². The third kappa shape index (κ3) is 4.66. The first-order valence-corrected chi connectivity index (χ1v) is 10.9. The highest BCUT2D eigenvalue weighted by molar-refractivity contribution is 5.80. The molecule has 0 unspecified atom stereocenters. The zero-order valence-corrected chi connectivity index (χ0v) is 18.3. The van der Waals surface area contributed by atoms with Crippen LogP contribution < -0.4 is 0 Å². The maximum absolute atomic E-state index is 4.13. The molecule has 6 aromatic rings. The molecule has 2 aromatic carbocycles. The highest BCUT2D eigenvalue weighted by Gasteiger charge is 2.09. The second-order valence-electron chi connectivity index (χ2n) is 7.52. The van der Waals surface area contributed by atoms with Gasteiger partial charge in [-0.15, -0.1) is 0 Å². The number of hydrogen-bond donors (Lipinski definition) is 2. The molecule has 0 radical (unpaired) electrons. The van der Waals surface area contributed by atoms with Gasteiger partial charge in [0.05, 0.1) is 23.8 Å². The van der Waals surface area contributed by atoms with Crippen molar-refractivity contribution in [2.45, 2.75) is 0 Å². The molecule has 0 saturated heterocycles. The van der Waals surface area contributed by atoms with Crippen molar-refractivity contribution in [1.29, 1.82) is 0 Å². The van der Waals surface area contributed by atoms with Crippen LogP contribution in [0.15, 0.2) is 122 Å². The molecule has 6 heteroatoms. The van der Waals surface area contributed by atoms with Gasteiger partial charge in [0.25, 0.3) is 0 Å². The maximum atomic E-state index is 4.13. The molecule has 0 aliphatic rings. The van der Waals surface area contributed by atoms with E-state index in [1.165, 1.54) is 0 Å². The highest BCUT2D eigenvalue weighted by atomic mass is 15.1. The summed E-state index contributed by atoms with van der Waals surface area (Å²) in [4.78, 5) is 8.05. The average molecular weight is 443 g/mol. The molecule has 6 rings (SSSR count). The van der Waals surface area contributed by atoms with Crippen LogP contribution in [0, 0.1) is 0 Å². The molecule has 4 heterocycles. The standard InChI is InChI=1S/2C14H11N3/c2*1-2-4-11(5-3-1)13-10-16-17-14(13)12-6-8-15-9-7-12/h2*1-10H,(H,16,17). The molecule has 2 N–H and O–H groups in total. The van der Waals surface area contributed by atoms with Crippen molar-refractivity contribution in [3.8, 4) is 44.8 Å². The van der Waals surface area contributed by atoms with E-state index in [9.17, 15) is 0 Å². The van der Waals surface area contributed by atoms with E-state index in [0.717, 1.165) is 44.8 Å². The van der Waals surface area contributed by atoms with Gasteiger partial charge in [-0.2, -0.15) is 10.2 Å².